The second-order valence-corrected chi connectivity index (χ2v) is 9.21. The Labute approximate surface area is 183 Å². The first-order valence-corrected chi connectivity index (χ1v) is 10.8. The van der Waals surface area contributed by atoms with E-state index >= 15 is 0 Å². The van der Waals surface area contributed by atoms with Gasteiger partial charge < -0.3 is 20.7 Å². The Morgan fingerprint density at radius 1 is 1.26 bits per heavy atom. The fraction of sp³-hybridized carbons (Fsp3) is 0.619. The highest BCUT2D eigenvalue weighted by molar-refractivity contribution is 6.30. The topological polar surface area (TPSA) is 79.5 Å². The van der Waals surface area contributed by atoms with E-state index in [1.165, 1.54) is 12.1 Å². The molecular formula is C21H25ClF3N3O3. The van der Waals surface area contributed by atoms with Gasteiger partial charge in [-0.3, -0.25) is 9.59 Å². The quantitative estimate of drug-likeness (QED) is 0.585. The van der Waals surface area contributed by atoms with Crippen molar-refractivity contribution in [3.8, 4) is 5.75 Å². The van der Waals surface area contributed by atoms with Gasteiger partial charge in [-0.05, 0) is 50.2 Å². The van der Waals surface area contributed by atoms with Crippen molar-refractivity contribution >= 4 is 23.4 Å². The summed E-state index contributed by atoms with van der Waals surface area (Å²) in [6, 6.07) is 3.06. The van der Waals surface area contributed by atoms with Gasteiger partial charge in [0.2, 0.25) is 5.91 Å². The third-order valence-electron chi connectivity index (χ3n) is 6.61. The van der Waals surface area contributed by atoms with E-state index in [1.54, 1.807) is 0 Å². The lowest BCUT2D eigenvalue weighted by Crippen LogP contribution is -2.56. The largest absolute Gasteiger partial charge is 0.484 e. The van der Waals surface area contributed by atoms with Crippen LogP contribution in [0.15, 0.2) is 18.2 Å². The summed E-state index contributed by atoms with van der Waals surface area (Å²) in [5.41, 5.74) is -0.334. The number of halogens is 4. The van der Waals surface area contributed by atoms with Gasteiger partial charge in [-0.15, -0.1) is 0 Å². The van der Waals surface area contributed by atoms with E-state index in [0.29, 0.717) is 12.8 Å². The second kappa shape index (κ2) is 8.86. The normalized spacial score (nSPS) is 31.8. The summed E-state index contributed by atoms with van der Waals surface area (Å²) < 4.78 is 44.3. The molecule has 5 rings (SSSR count). The van der Waals surface area contributed by atoms with Crippen LogP contribution in [0.5, 0.6) is 5.75 Å². The molecule has 0 radical (unpaired) electrons. The zero-order valence-electron chi connectivity index (χ0n) is 16.8. The average molecular weight is 460 g/mol. The van der Waals surface area contributed by atoms with E-state index in [-0.39, 0.29) is 65.6 Å². The van der Waals surface area contributed by atoms with Crippen molar-refractivity contribution < 1.29 is 27.5 Å². The predicted octanol–water partition coefficient (Wildman–Crippen LogP) is 2.64. The Morgan fingerprint density at radius 2 is 2.03 bits per heavy atom. The fourth-order valence-corrected chi connectivity index (χ4v) is 5.07. The molecule has 1 saturated heterocycles. The smallest absolute Gasteiger partial charge is 0.258 e. The van der Waals surface area contributed by atoms with Crippen LogP contribution in [0.3, 0.4) is 0 Å². The number of carbonyl (C=O) groups excluding carboxylic acids is 2. The van der Waals surface area contributed by atoms with Gasteiger partial charge in [0.15, 0.2) is 6.61 Å². The number of nitrogens with one attached hydrogen (secondary N) is 3. The van der Waals surface area contributed by atoms with Gasteiger partial charge in [0, 0.05) is 24.2 Å². The summed E-state index contributed by atoms with van der Waals surface area (Å²) in [7, 11) is 0. The van der Waals surface area contributed by atoms with Crippen molar-refractivity contribution in [3.05, 3.63) is 29.0 Å². The van der Waals surface area contributed by atoms with Crippen molar-refractivity contribution in [1.29, 1.82) is 0 Å². The number of amides is 2. The molecule has 4 fully saturated rings. The van der Waals surface area contributed by atoms with Gasteiger partial charge in [-0.1, -0.05) is 11.6 Å². The van der Waals surface area contributed by atoms with Crippen LogP contribution < -0.4 is 20.7 Å². The van der Waals surface area contributed by atoms with Gasteiger partial charge >= 0.3 is 0 Å². The maximum absolute atomic E-state index is 13.4. The number of piperidine rings is 1. The van der Waals surface area contributed by atoms with Crippen LogP contribution in [0.25, 0.3) is 0 Å². The Morgan fingerprint density at radius 3 is 2.68 bits per heavy atom. The van der Waals surface area contributed by atoms with Crippen LogP contribution in [0.2, 0.25) is 5.02 Å². The van der Waals surface area contributed by atoms with Crippen LogP contribution in [0, 0.1) is 17.7 Å². The zero-order chi connectivity index (χ0) is 22.2. The summed E-state index contributed by atoms with van der Waals surface area (Å²) in [6.07, 6.45) is 0.499. The van der Waals surface area contributed by atoms with Crippen LogP contribution in [0.4, 0.5) is 13.2 Å². The summed E-state index contributed by atoms with van der Waals surface area (Å²) in [5.74, 6) is -0.865. The van der Waals surface area contributed by atoms with Gasteiger partial charge in [-0.25, -0.2) is 13.2 Å². The Bertz CT molecular complexity index is 842. The van der Waals surface area contributed by atoms with Crippen LogP contribution in [-0.4, -0.2) is 49.0 Å². The second-order valence-electron chi connectivity index (χ2n) is 8.80. The number of carbonyl (C=O) groups is 2. The number of hydrogen-bond acceptors (Lipinski definition) is 4. The molecule has 3 N–H and O–H groups in total. The third-order valence-corrected chi connectivity index (χ3v) is 6.92. The van der Waals surface area contributed by atoms with Crippen molar-refractivity contribution in [2.75, 3.05) is 13.2 Å². The van der Waals surface area contributed by atoms with Gasteiger partial charge in [0.1, 0.15) is 11.6 Å². The molecule has 1 aromatic rings. The third kappa shape index (κ3) is 4.92. The summed E-state index contributed by atoms with van der Waals surface area (Å²) in [4.78, 5) is 24.8. The molecule has 10 heteroatoms. The molecule has 0 spiro atoms. The predicted molar refractivity (Wildman–Crippen MR) is 108 cm³/mol. The molecule has 4 aliphatic rings. The fourth-order valence-electron chi connectivity index (χ4n) is 4.95. The molecule has 1 aliphatic heterocycles. The van der Waals surface area contributed by atoms with E-state index in [0.717, 1.165) is 18.9 Å². The Balaban J connectivity index is 1.21. The number of alkyl halides is 2. The molecule has 6 nitrogen and oxygen atoms in total. The van der Waals surface area contributed by atoms with Crippen molar-refractivity contribution in [1.82, 2.24) is 16.0 Å². The van der Waals surface area contributed by atoms with Gasteiger partial charge in [-0.2, -0.15) is 0 Å². The van der Waals surface area contributed by atoms with E-state index in [2.05, 4.69) is 16.0 Å². The van der Waals surface area contributed by atoms with Crippen LogP contribution in [0.1, 0.15) is 32.1 Å². The molecule has 0 aromatic heterocycles. The molecule has 2 amide bonds. The lowest BCUT2D eigenvalue weighted by Gasteiger charge is -2.40. The molecule has 3 saturated carbocycles. The summed E-state index contributed by atoms with van der Waals surface area (Å²) >= 11 is 5.62. The molecule has 170 valence electrons. The van der Waals surface area contributed by atoms with E-state index in [1.807, 2.05) is 0 Å². The van der Waals surface area contributed by atoms with Gasteiger partial charge in [0.25, 0.3) is 12.3 Å². The highest BCUT2D eigenvalue weighted by Crippen LogP contribution is 2.52. The number of hydrogen-bond donors (Lipinski definition) is 3. The van der Waals surface area contributed by atoms with Crippen molar-refractivity contribution in [2.24, 2.45) is 11.8 Å². The number of rotatable bonds is 7. The number of ether oxygens (including phenoxy) is 1. The van der Waals surface area contributed by atoms with E-state index in [9.17, 15) is 22.8 Å². The zero-order valence-corrected chi connectivity index (χ0v) is 17.6. The standard InChI is InChI=1S/C21H25ClF3N3O3/c22-14-3-2-13(5-15(14)23)31-10-18(29)27-17-8-21(6-12(17)7-21)28-20(30)11-1-4-16(19(24)25)26-9-11/h2-3,5,11-12,16-17,19,26H,1,4,6-10H2,(H,27,29)(H,28,30). The Hall–Kier alpha value is -2.00. The average Bonchev–Trinajstić information content (AvgIpc) is 3.22. The maximum Gasteiger partial charge on any atom is 0.258 e. The molecule has 2 bridgehead atoms. The molecule has 31 heavy (non-hydrogen) atoms. The van der Waals surface area contributed by atoms with Crippen LogP contribution >= 0.6 is 11.6 Å². The first kappa shape index (κ1) is 22.2. The van der Waals surface area contributed by atoms with Crippen molar-refractivity contribution in [3.63, 3.8) is 0 Å². The van der Waals surface area contributed by atoms with E-state index < -0.39 is 18.3 Å². The lowest BCUT2D eigenvalue weighted by atomic mass is 9.76. The SMILES string of the molecule is O=C(COc1ccc(Cl)c(F)c1)NC1CC2(NC(=O)C3CCC(C(F)F)NC3)CC1C2. The maximum atomic E-state index is 13.4. The molecule has 3 atom stereocenters. The first-order chi connectivity index (χ1) is 14.7. The molecule has 3 unspecified atom stereocenters. The number of benzene rings is 1. The minimum absolute atomic E-state index is 0.0206. The van der Waals surface area contributed by atoms with Gasteiger partial charge in [0.05, 0.1) is 17.0 Å². The Kier molecular flexibility index (Phi) is 6.35. The first-order valence-electron chi connectivity index (χ1n) is 10.5. The monoisotopic (exact) mass is 459 g/mol. The summed E-state index contributed by atoms with van der Waals surface area (Å²) in [5, 5.41) is 8.77. The molecule has 1 aromatic carbocycles. The number of fused-ring (bicyclic) bond motifs is 1. The minimum Gasteiger partial charge on any atom is -0.484 e. The lowest BCUT2D eigenvalue weighted by molar-refractivity contribution is -0.129. The summed E-state index contributed by atoms with van der Waals surface area (Å²) in [6.45, 7) is 0.00580. The van der Waals surface area contributed by atoms with Crippen molar-refractivity contribution in [2.45, 2.75) is 56.2 Å². The minimum atomic E-state index is -2.42. The van der Waals surface area contributed by atoms with Crippen LogP contribution in [-0.2, 0) is 9.59 Å². The highest BCUT2D eigenvalue weighted by atomic mass is 35.5. The highest BCUT2D eigenvalue weighted by Gasteiger charge is 2.57. The molecule has 3 aliphatic carbocycles. The molecule has 1 heterocycles. The van der Waals surface area contributed by atoms with E-state index in [4.69, 9.17) is 16.3 Å². The molecular weight excluding hydrogens is 435 g/mol.